The van der Waals surface area contributed by atoms with Gasteiger partial charge in [-0.05, 0) is 57.6 Å². The summed E-state index contributed by atoms with van der Waals surface area (Å²) >= 11 is 0. The minimum absolute atomic E-state index is 0.344. The van der Waals surface area contributed by atoms with E-state index in [2.05, 4.69) is 27.0 Å². The number of methoxy groups -OCH3 is 1. The van der Waals surface area contributed by atoms with Gasteiger partial charge in [-0.3, -0.25) is 4.98 Å². The van der Waals surface area contributed by atoms with E-state index in [1.807, 2.05) is 6.07 Å². The lowest BCUT2D eigenvalue weighted by atomic mass is 9.97. The van der Waals surface area contributed by atoms with Gasteiger partial charge in [0.25, 0.3) is 0 Å². The van der Waals surface area contributed by atoms with E-state index >= 15 is 0 Å². The highest BCUT2D eigenvalue weighted by Gasteiger charge is 2.15. The summed E-state index contributed by atoms with van der Waals surface area (Å²) in [5.74, 6) is 0.420. The average molecular weight is 277 g/mol. The SMILES string of the molecule is COC(=O)c1ccc(CNCC2CCN(C)CC2)nc1. The van der Waals surface area contributed by atoms with Crippen LogP contribution in [-0.2, 0) is 11.3 Å². The Kier molecular flexibility index (Phi) is 5.49. The smallest absolute Gasteiger partial charge is 0.339 e. The molecule has 0 unspecified atom stereocenters. The number of aromatic nitrogens is 1. The molecule has 1 aliphatic rings. The van der Waals surface area contributed by atoms with Crippen molar-refractivity contribution in [2.75, 3.05) is 33.8 Å². The Labute approximate surface area is 120 Å². The Morgan fingerprint density at radius 1 is 1.45 bits per heavy atom. The molecule has 0 saturated carbocycles. The van der Waals surface area contributed by atoms with E-state index < -0.39 is 0 Å². The third-order valence-corrected chi connectivity index (χ3v) is 3.82. The molecule has 0 amide bonds. The summed E-state index contributed by atoms with van der Waals surface area (Å²) in [7, 11) is 3.55. The predicted octanol–water partition coefficient (Wildman–Crippen LogP) is 1.30. The zero-order chi connectivity index (χ0) is 14.4. The van der Waals surface area contributed by atoms with Crippen molar-refractivity contribution in [3.8, 4) is 0 Å². The van der Waals surface area contributed by atoms with Crippen LogP contribution in [0.3, 0.4) is 0 Å². The van der Waals surface area contributed by atoms with Crippen molar-refractivity contribution < 1.29 is 9.53 Å². The van der Waals surface area contributed by atoms with Gasteiger partial charge in [0.1, 0.15) is 0 Å². The lowest BCUT2D eigenvalue weighted by molar-refractivity contribution is 0.0600. The Hall–Kier alpha value is -1.46. The summed E-state index contributed by atoms with van der Waals surface area (Å²) in [6.07, 6.45) is 4.09. The van der Waals surface area contributed by atoms with Crippen LogP contribution in [-0.4, -0.2) is 49.6 Å². The molecule has 2 heterocycles. The number of pyridine rings is 1. The zero-order valence-corrected chi connectivity index (χ0v) is 12.3. The molecule has 2 rings (SSSR count). The standard InChI is InChI=1S/C15H23N3O2/c1-18-7-5-12(6-8-18)9-16-11-14-4-3-13(10-17-14)15(19)20-2/h3-4,10,12,16H,5-9,11H2,1-2H3. The molecule has 110 valence electrons. The molecule has 0 spiro atoms. The minimum Gasteiger partial charge on any atom is -0.465 e. The van der Waals surface area contributed by atoms with Gasteiger partial charge in [0.05, 0.1) is 18.4 Å². The fourth-order valence-electron chi connectivity index (χ4n) is 2.44. The van der Waals surface area contributed by atoms with Crippen LogP contribution in [0.5, 0.6) is 0 Å². The van der Waals surface area contributed by atoms with E-state index in [0.29, 0.717) is 5.56 Å². The van der Waals surface area contributed by atoms with Gasteiger partial charge in [0.2, 0.25) is 0 Å². The number of ether oxygens (including phenoxy) is 1. The first kappa shape index (κ1) is 14.9. The Morgan fingerprint density at radius 2 is 2.20 bits per heavy atom. The number of esters is 1. The van der Waals surface area contributed by atoms with Gasteiger partial charge in [-0.1, -0.05) is 0 Å². The minimum atomic E-state index is -0.344. The number of hydrogen-bond acceptors (Lipinski definition) is 5. The van der Waals surface area contributed by atoms with Crippen molar-refractivity contribution in [2.24, 2.45) is 5.92 Å². The molecule has 5 heteroatoms. The maximum Gasteiger partial charge on any atom is 0.339 e. The van der Waals surface area contributed by atoms with Crippen LogP contribution in [0.15, 0.2) is 18.3 Å². The fraction of sp³-hybridized carbons (Fsp3) is 0.600. The predicted molar refractivity (Wildman–Crippen MR) is 77.5 cm³/mol. The van der Waals surface area contributed by atoms with E-state index in [-0.39, 0.29) is 5.97 Å². The first-order chi connectivity index (χ1) is 9.69. The third-order valence-electron chi connectivity index (χ3n) is 3.82. The zero-order valence-electron chi connectivity index (χ0n) is 12.3. The summed E-state index contributed by atoms with van der Waals surface area (Å²) in [6, 6.07) is 3.62. The van der Waals surface area contributed by atoms with E-state index in [1.54, 1.807) is 12.3 Å². The van der Waals surface area contributed by atoms with Crippen LogP contribution >= 0.6 is 0 Å². The van der Waals surface area contributed by atoms with Crippen LogP contribution in [0.4, 0.5) is 0 Å². The summed E-state index contributed by atoms with van der Waals surface area (Å²) in [6.45, 7) is 4.17. The average Bonchev–Trinajstić information content (AvgIpc) is 2.49. The molecule has 1 fully saturated rings. The van der Waals surface area contributed by atoms with Crippen molar-refractivity contribution in [1.29, 1.82) is 0 Å². The number of likely N-dealkylation sites (tertiary alicyclic amines) is 1. The molecule has 0 bridgehead atoms. The molecule has 0 atom stereocenters. The van der Waals surface area contributed by atoms with Crippen LogP contribution in [0.25, 0.3) is 0 Å². The second-order valence-corrected chi connectivity index (χ2v) is 5.41. The Morgan fingerprint density at radius 3 is 2.80 bits per heavy atom. The van der Waals surface area contributed by atoms with Gasteiger partial charge in [-0.2, -0.15) is 0 Å². The first-order valence-corrected chi connectivity index (χ1v) is 7.11. The summed E-state index contributed by atoms with van der Waals surface area (Å²) < 4.78 is 4.65. The van der Waals surface area contributed by atoms with Gasteiger partial charge >= 0.3 is 5.97 Å². The van der Waals surface area contributed by atoms with Crippen LogP contribution < -0.4 is 5.32 Å². The van der Waals surface area contributed by atoms with Crippen molar-refractivity contribution >= 4 is 5.97 Å². The normalized spacial score (nSPS) is 17.1. The van der Waals surface area contributed by atoms with E-state index in [1.165, 1.54) is 33.0 Å². The fourth-order valence-corrected chi connectivity index (χ4v) is 2.44. The number of hydrogen-bond donors (Lipinski definition) is 1. The van der Waals surface area contributed by atoms with Gasteiger partial charge in [0, 0.05) is 12.7 Å². The van der Waals surface area contributed by atoms with E-state index in [9.17, 15) is 4.79 Å². The number of nitrogens with zero attached hydrogens (tertiary/aromatic N) is 2. The second-order valence-electron chi connectivity index (χ2n) is 5.41. The van der Waals surface area contributed by atoms with Gasteiger partial charge in [-0.25, -0.2) is 4.79 Å². The topological polar surface area (TPSA) is 54.5 Å². The number of rotatable bonds is 5. The van der Waals surface area contributed by atoms with Crippen molar-refractivity contribution in [2.45, 2.75) is 19.4 Å². The van der Waals surface area contributed by atoms with Gasteiger partial charge in [-0.15, -0.1) is 0 Å². The number of carbonyl (C=O) groups excluding carboxylic acids is 1. The highest BCUT2D eigenvalue weighted by molar-refractivity contribution is 5.88. The molecule has 0 radical (unpaired) electrons. The highest BCUT2D eigenvalue weighted by Crippen LogP contribution is 2.14. The monoisotopic (exact) mass is 277 g/mol. The molecule has 1 aromatic heterocycles. The lowest BCUT2D eigenvalue weighted by Crippen LogP contribution is -2.34. The lowest BCUT2D eigenvalue weighted by Gasteiger charge is -2.29. The molecular formula is C15H23N3O2. The largest absolute Gasteiger partial charge is 0.465 e. The van der Waals surface area contributed by atoms with Crippen molar-refractivity contribution in [3.05, 3.63) is 29.6 Å². The highest BCUT2D eigenvalue weighted by atomic mass is 16.5. The molecule has 1 aromatic rings. The molecule has 5 nitrogen and oxygen atoms in total. The summed E-state index contributed by atoms with van der Waals surface area (Å²) in [4.78, 5) is 17.9. The first-order valence-electron chi connectivity index (χ1n) is 7.11. The summed E-state index contributed by atoms with van der Waals surface area (Å²) in [5, 5.41) is 3.45. The molecule has 1 saturated heterocycles. The van der Waals surface area contributed by atoms with Crippen LogP contribution in [0.1, 0.15) is 28.9 Å². The number of piperidine rings is 1. The molecule has 1 aliphatic heterocycles. The Balaban J connectivity index is 1.73. The van der Waals surface area contributed by atoms with E-state index in [0.717, 1.165) is 24.7 Å². The number of carbonyl (C=O) groups is 1. The van der Waals surface area contributed by atoms with E-state index in [4.69, 9.17) is 0 Å². The van der Waals surface area contributed by atoms with Gasteiger partial charge < -0.3 is 15.0 Å². The van der Waals surface area contributed by atoms with Crippen LogP contribution in [0.2, 0.25) is 0 Å². The van der Waals surface area contributed by atoms with Crippen molar-refractivity contribution in [1.82, 2.24) is 15.2 Å². The number of nitrogens with one attached hydrogen (secondary N) is 1. The Bertz CT molecular complexity index is 425. The van der Waals surface area contributed by atoms with Crippen molar-refractivity contribution in [3.63, 3.8) is 0 Å². The van der Waals surface area contributed by atoms with Gasteiger partial charge in [0.15, 0.2) is 0 Å². The maximum absolute atomic E-state index is 11.3. The third kappa shape index (κ3) is 4.28. The molecule has 1 N–H and O–H groups in total. The molecule has 20 heavy (non-hydrogen) atoms. The summed E-state index contributed by atoms with van der Waals surface area (Å²) in [5.41, 5.74) is 1.44. The quantitative estimate of drug-likeness (QED) is 0.822. The second kappa shape index (κ2) is 7.36. The maximum atomic E-state index is 11.3. The molecular weight excluding hydrogens is 254 g/mol. The molecule has 0 aliphatic carbocycles. The molecule has 0 aromatic carbocycles. The van der Waals surface area contributed by atoms with Crippen LogP contribution in [0, 0.1) is 5.92 Å².